The number of aromatic nitrogens is 5. The van der Waals surface area contributed by atoms with Crippen molar-refractivity contribution < 1.29 is 9.90 Å². The average Bonchev–Trinajstić information content (AvgIpc) is 3.35. The van der Waals surface area contributed by atoms with Gasteiger partial charge in [-0.15, -0.1) is 0 Å². The number of para-hydroxylation sites is 1. The standard InChI is InChI=1S/C20H16N6O2/c1-20(28,17-12-22-25-23-17)10-9-13-5-4-6-14(11-13)26-16-8-3-2-7-15(16)18(24-26)19(21)27/h2-8,11-12,28H,1H3,(H2,21,27)(H,22,23,25)/t20-/m0/s1. The minimum absolute atomic E-state index is 0.209. The average molecular weight is 372 g/mol. The van der Waals surface area contributed by atoms with Crippen LogP contribution in [0.25, 0.3) is 16.6 Å². The largest absolute Gasteiger partial charge is 0.372 e. The summed E-state index contributed by atoms with van der Waals surface area (Å²) in [5.41, 5.74) is 6.71. The number of carbonyl (C=O) groups is 1. The number of aliphatic hydroxyl groups is 1. The zero-order valence-electron chi connectivity index (χ0n) is 14.9. The molecule has 28 heavy (non-hydrogen) atoms. The number of H-pyrrole nitrogens is 1. The monoisotopic (exact) mass is 372 g/mol. The minimum Gasteiger partial charge on any atom is -0.372 e. The van der Waals surface area contributed by atoms with Gasteiger partial charge in [0, 0.05) is 10.9 Å². The summed E-state index contributed by atoms with van der Waals surface area (Å²) in [6.07, 6.45) is 1.42. The van der Waals surface area contributed by atoms with E-state index in [2.05, 4.69) is 32.4 Å². The van der Waals surface area contributed by atoms with Crippen molar-refractivity contribution in [1.82, 2.24) is 25.2 Å². The van der Waals surface area contributed by atoms with Crippen molar-refractivity contribution in [2.45, 2.75) is 12.5 Å². The van der Waals surface area contributed by atoms with Gasteiger partial charge in [-0.1, -0.05) is 36.1 Å². The van der Waals surface area contributed by atoms with Crippen molar-refractivity contribution in [1.29, 1.82) is 0 Å². The number of hydrogen-bond donors (Lipinski definition) is 3. The summed E-state index contributed by atoms with van der Waals surface area (Å²) in [5, 5.41) is 25.5. The molecule has 8 heteroatoms. The minimum atomic E-state index is -1.44. The Labute approximate surface area is 160 Å². The van der Waals surface area contributed by atoms with E-state index in [0.29, 0.717) is 16.6 Å². The van der Waals surface area contributed by atoms with Gasteiger partial charge < -0.3 is 10.8 Å². The molecule has 0 saturated carbocycles. The topological polar surface area (TPSA) is 123 Å². The molecule has 0 bridgehead atoms. The number of nitrogens with one attached hydrogen (secondary N) is 1. The Morgan fingerprint density at radius 3 is 2.82 bits per heavy atom. The SMILES string of the molecule is C[C@](O)(C#Cc1cccc(-n2nc(C(N)=O)c3ccccc32)c1)c1cn[nH]n1. The number of fused-ring (bicyclic) bond motifs is 1. The van der Waals surface area contributed by atoms with Crippen molar-refractivity contribution in [3.05, 3.63) is 71.7 Å². The Morgan fingerprint density at radius 2 is 2.07 bits per heavy atom. The second-order valence-electron chi connectivity index (χ2n) is 6.37. The fourth-order valence-electron chi connectivity index (χ4n) is 2.85. The molecule has 1 atom stereocenters. The molecule has 2 aromatic heterocycles. The van der Waals surface area contributed by atoms with Crippen LogP contribution in [0.5, 0.6) is 0 Å². The molecule has 0 aliphatic carbocycles. The summed E-state index contributed by atoms with van der Waals surface area (Å²) >= 11 is 0. The van der Waals surface area contributed by atoms with Gasteiger partial charge in [0.1, 0.15) is 5.69 Å². The lowest BCUT2D eigenvalue weighted by Gasteiger charge is -2.11. The molecule has 0 aliphatic rings. The fourth-order valence-corrected chi connectivity index (χ4v) is 2.85. The number of rotatable bonds is 3. The third-order valence-electron chi connectivity index (χ3n) is 4.28. The van der Waals surface area contributed by atoms with E-state index in [1.165, 1.54) is 6.20 Å². The molecule has 8 nitrogen and oxygen atoms in total. The molecule has 138 valence electrons. The van der Waals surface area contributed by atoms with Crippen molar-refractivity contribution in [2.75, 3.05) is 0 Å². The highest BCUT2D eigenvalue weighted by Gasteiger charge is 2.23. The molecule has 1 amide bonds. The van der Waals surface area contributed by atoms with Gasteiger partial charge in [0.25, 0.3) is 5.91 Å². The Bertz CT molecular complexity index is 1230. The van der Waals surface area contributed by atoms with Gasteiger partial charge in [-0.3, -0.25) is 4.79 Å². The maximum Gasteiger partial charge on any atom is 0.269 e. The van der Waals surface area contributed by atoms with Crippen LogP contribution in [-0.2, 0) is 5.60 Å². The second kappa shape index (κ2) is 6.64. The lowest BCUT2D eigenvalue weighted by Crippen LogP contribution is -2.19. The van der Waals surface area contributed by atoms with Crippen LogP contribution < -0.4 is 5.73 Å². The molecular formula is C20H16N6O2. The molecule has 0 aliphatic heterocycles. The van der Waals surface area contributed by atoms with E-state index in [9.17, 15) is 9.90 Å². The van der Waals surface area contributed by atoms with Crippen LogP contribution in [0.2, 0.25) is 0 Å². The molecule has 0 unspecified atom stereocenters. The van der Waals surface area contributed by atoms with Crippen LogP contribution in [0.4, 0.5) is 0 Å². The van der Waals surface area contributed by atoms with E-state index in [0.717, 1.165) is 11.2 Å². The van der Waals surface area contributed by atoms with Crippen LogP contribution in [-0.4, -0.2) is 36.2 Å². The quantitative estimate of drug-likeness (QED) is 0.470. The van der Waals surface area contributed by atoms with Gasteiger partial charge in [-0.25, -0.2) is 4.68 Å². The van der Waals surface area contributed by atoms with Crippen molar-refractivity contribution >= 4 is 16.8 Å². The predicted octanol–water partition coefficient (Wildman–Crippen LogP) is 1.50. The summed E-state index contributed by atoms with van der Waals surface area (Å²) in [6, 6.07) is 14.7. The van der Waals surface area contributed by atoms with Gasteiger partial charge in [-0.2, -0.15) is 20.5 Å². The first kappa shape index (κ1) is 17.5. The Hall–Kier alpha value is -3.96. The van der Waals surface area contributed by atoms with E-state index in [4.69, 9.17) is 5.73 Å². The Kier molecular flexibility index (Phi) is 4.14. The van der Waals surface area contributed by atoms with E-state index in [1.54, 1.807) is 17.7 Å². The molecule has 4 N–H and O–H groups in total. The van der Waals surface area contributed by atoms with Crippen molar-refractivity contribution in [2.24, 2.45) is 5.73 Å². The lowest BCUT2D eigenvalue weighted by molar-refractivity contribution is 0.0996. The summed E-state index contributed by atoms with van der Waals surface area (Å²) < 4.78 is 1.65. The number of hydrogen-bond acceptors (Lipinski definition) is 5. The molecule has 0 fully saturated rings. The van der Waals surface area contributed by atoms with Crippen molar-refractivity contribution in [3.63, 3.8) is 0 Å². The predicted molar refractivity (Wildman–Crippen MR) is 102 cm³/mol. The third-order valence-corrected chi connectivity index (χ3v) is 4.28. The highest BCUT2D eigenvalue weighted by molar-refractivity contribution is 6.04. The van der Waals surface area contributed by atoms with Crippen LogP contribution in [0.1, 0.15) is 28.7 Å². The number of nitrogens with zero attached hydrogens (tertiary/aromatic N) is 4. The normalized spacial score (nSPS) is 12.9. The molecule has 0 spiro atoms. The van der Waals surface area contributed by atoms with E-state index in [-0.39, 0.29) is 5.69 Å². The first-order chi connectivity index (χ1) is 13.5. The van der Waals surface area contributed by atoms with Gasteiger partial charge in [0.15, 0.2) is 11.3 Å². The number of carbonyl (C=O) groups excluding carboxylic acids is 1. The molecule has 2 heterocycles. The summed E-state index contributed by atoms with van der Waals surface area (Å²) in [6.45, 7) is 1.54. The lowest BCUT2D eigenvalue weighted by atomic mass is 10.0. The molecular weight excluding hydrogens is 356 g/mol. The second-order valence-corrected chi connectivity index (χ2v) is 6.37. The van der Waals surface area contributed by atoms with Gasteiger partial charge in [-0.05, 0) is 31.2 Å². The van der Waals surface area contributed by atoms with Crippen LogP contribution in [0.3, 0.4) is 0 Å². The zero-order valence-corrected chi connectivity index (χ0v) is 14.9. The number of nitrogens with two attached hydrogens (primary N) is 1. The number of benzene rings is 2. The smallest absolute Gasteiger partial charge is 0.269 e. The maximum absolute atomic E-state index is 11.7. The Morgan fingerprint density at radius 1 is 1.25 bits per heavy atom. The molecule has 4 rings (SSSR count). The number of primary amides is 1. The molecule has 0 radical (unpaired) electrons. The van der Waals surface area contributed by atoms with Gasteiger partial charge in [0.05, 0.1) is 17.4 Å². The highest BCUT2D eigenvalue weighted by atomic mass is 16.3. The molecule has 2 aromatic carbocycles. The van der Waals surface area contributed by atoms with E-state index < -0.39 is 11.5 Å². The maximum atomic E-state index is 11.7. The van der Waals surface area contributed by atoms with E-state index >= 15 is 0 Å². The Balaban J connectivity index is 1.76. The van der Waals surface area contributed by atoms with Crippen LogP contribution in [0.15, 0.2) is 54.7 Å². The van der Waals surface area contributed by atoms with Gasteiger partial charge >= 0.3 is 0 Å². The van der Waals surface area contributed by atoms with E-state index in [1.807, 2.05) is 42.5 Å². The van der Waals surface area contributed by atoms with Gasteiger partial charge in [0.2, 0.25) is 0 Å². The fraction of sp³-hybridized carbons (Fsp3) is 0.100. The zero-order chi connectivity index (χ0) is 19.7. The molecule has 0 saturated heterocycles. The summed E-state index contributed by atoms with van der Waals surface area (Å²) in [5.74, 6) is 5.15. The molecule has 4 aromatic rings. The first-order valence-corrected chi connectivity index (χ1v) is 8.45. The van der Waals surface area contributed by atoms with Crippen molar-refractivity contribution in [3.8, 4) is 17.5 Å². The van der Waals surface area contributed by atoms with Crippen LogP contribution in [0, 0.1) is 11.8 Å². The summed E-state index contributed by atoms with van der Waals surface area (Å²) in [7, 11) is 0. The van der Waals surface area contributed by atoms with Crippen LogP contribution >= 0.6 is 0 Å². The highest BCUT2D eigenvalue weighted by Crippen LogP contribution is 2.22. The third kappa shape index (κ3) is 3.11. The number of aromatic amines is 1. The first-order valence-electron chi connectivity index (χ1n) is 8.45. The number of amides is 1. The summed E-state index contributed by atoms with van der Waals surface area (Å²) in [4.78, 5) is 11.7.